The Hall–Kier alpha value is -2.28. The summed E-state index contributed by atoms with van der Waals surface area (Å²) in [5, 5.41) is 7.05. The molecule has 7 nitrogen and oxygen atoms in total. The first-order valence-corrected chi connectivity index (χ1v) is 8.89. The lowest BCUT2D eigenvalue weighted by Crippen LogP contribution is -2.34. The second kappa shape index (κ2) is 7.31. The highest BCUT2D eigenvalue weighted by molar-refractivity contribution is 5.93. The van der Waals surface area contributed by atoms with Gasteiger partial charge in [-0.05, 0) is 46.1 Å². The average Bonchev–Trinajstić information content (AvgIpc) is 2.54. The molecule has 3 rings (SSSR count). The lowest BCUT2D eigenvalue weighted by molar-refractivity contribution is -0.120. The van der Waals surface area contributed by atoms with E-state index in [1.807, 2.05) is 26.8 Å². The molecule has 0 saturated heterocycles. The quantitative estimate of drug-likeness (QED) is 0.788. The molecule has 2 heterocycles. The Balaban J connectivity index is 1.84. The van der Waals surface area contributed by atoms with Crippen LogP contribution < -0.4 is 16.4 Å². The Kier molecular flexibility index (Phi) is 5.13. The second-order valence-electron chi connectivity index (χ2n) is 7.16. The van der Waals surface area contributed by atoms with Crippen molar-refractivity contribution in [3.8, 4) is 0 Å². The van der Waals surface area contributed by atoms with Crippen molar-refractivity contribution in [2.45, 2.75) is 58.5 Å². The van der Waals surface area contributed by atoms with Crippen LogP contribution in [-0.4, -0.2) is 32.9 Å². The molecule has 0 aliphatic heterocycles. The number of nitrogens with two attached hydrogens (primary N) is 1. The minimum atomic E-state index is -0.0625. The SMILES string of the molecule is Cc1cc2cnc(NC(=O)[C@H]3CCC[C@@H](N)C3)nc2c(NC(C)C)n1. The number of carbonyl (C=O) groups excluding carboxylic acids is 1. The van der Waals surface area contributed by atoms with Gasteiger partial charge >= 0.3 is 0 Å². The van der Waals surface area contributed by atoms with Crippen LogP contribution in [0.25, 0.3) is 10.9 Å². The Morgan fingerprint density at radius 3 is 2.84 bits per heavy atom. The molecule has 0 bridgehead atoms. The standard InChI is InChI=1S/C18H26N6O/c1-10(2)21-16-15-13(7-11(3)22-16)9-20-18(23-15)24-17(25)12-5-4-6-14(19)8-12/h7,9-10,12,14H,4-6,8,19H2,1-3H3,(H,21,22)(H,20,23,24,25)/t12-,14+/m0/s1. The molecule has 0 aromatic carbocycles. The van der Waals surface area contributed by atoms with Crippen LogP contribution in [0.4, 0.5) is 11.8 Å². The Labute approximate surface area is 147 Å². The van der Waals surface area contributed by atoms with Crippen LogP contribution in [0.5, 0.6) is 0 Å². The fourth-order valence-corrected chi connectivity index (χ4v) is 3.29. The van der Waals surface area contributed by atoms with Crippen molar-refractivity contribution in [3.63, 3.8) is 0 Å². The normalized spacial score (nSPS) is 20.7. The highest BCUT2D eigenvalue weighted by Crippen LogP contribution is 2.25. The van der Waals surface area contributed by atoms with Crippen LogP contribution in [0.2, 0.25) is 0 Å². The molecular weight excluding hydrogens is 316 g/mol. The van der Waals surface area contributed by atoms with Gasteiger partial charge < -0.3 is 11.1 Å². The minimum absolute atomic E-state index is 0.0482. The van der Waals surface area contributed by atoms with E-state index in [0.717, 1.165) is 36.8 Å². The first-order chi connectivity index (χ1) is 11.9. The van der Waals surface area contributed by atoms with Gasteiger partial charge in [0.1, 0.15) is 5.52 Å². The summed E-state index contributed by atoms with van der Waals surface area (Å²) < 4.78 is 0. The molecule has 2 aromatic rings. The summed E-state index contributed by atoms with van der Waals surface area (Å²) in [7, 11) is 0. The maximum absolute atomic E-state index is 12.5. The summed E-state index contributed by atoms with van der Waals surface area (Å²) in [6, 6.07) is 2.28. The van der Waals surface area contributed by atoms with Crippen molar-refractivity contribution in [2.24, 2.45) is 11.7 Å². The van der Waals surface area contributed by atoms with Gasteiger partial charge in [-0.25, -0.2) is 15.0 Å². The largest absolute Gasteiger partial charge is 0.366 e. The minimum Gasteiger partial charge on any atom is -0.366 e. The maximum Gasteiger partial charge on any atom is 0.230 e. The third-order valence-electron chi connectivity index (χ3n) is 4.44. The van der Waals surface area contributed by atoms with Crippen LogP contribution in [0.15, 0.2) is 12.3 Å². The summed E-state index contributed by atoms with van der Waals surface area (Å²) >= 11 is 0. The van der Waals surface area contributed by atoms with E-state index >= 15 is 0 Å². The van der Waals surface area contributed by atoms with Gasteiger partial charge in [-0.3, -0.25) is 10.1 Å². The highest BCUT2D eigenvalue weighted by Gasteiger charge is 2.26. The van der Waals surface area contributed by atoms with Crippen molar-refractivity contribution in [2.75, 3.05) is 10.6 Å². The zero-order chi connectivity index (χ0) is 18.0. The molecular formula is C18H26N6O. The summed E-state index contributed by atoms with van der Waals surface area (Å²) in [5.41, 5.74) is 7.59. The zero-order valence-corrected chi connectivity index (χ0v) is 15.0. The molecule has 0 unspecified atom stereocenters. The van der Waals surface area contributed by atoms with Crippen molar-refractivity contribution in [3.05, 3.63) is 18.0 Å². The van der Waals surface area contributed by atoms with E-state index < -0.39 is 0 Å². The molecule has 2 aromatic heterocycles. The van der Waals surface area contributed by atoms with Crippen molar-refractivity contribution < 1.29 is 4.79 Å². The van der Waals surface area contributed by atoms with E-state index in [9.17, 15) is 4.79 Å². The Morgan fingerprint density at radius 1 is 1.32 bits per heavy atom. The summed E-state index contributed by atoms with van der Waals surface area (Å²) in [4.78, 5) is 25.8. The zero-order valence-electron chi connectivity index (χ0n) is 15.0. The summed E-state index contributed by atoms with van der Waals surface area (Å²) in [6.07, 6.45) is 5.30. The van der Waals surface area contributed by atoms with Crippen LogP contribution >= 0.6 is 0 Å². The van der Waals surface area contributed by atoms with Gasteiger partial charge in [0.25, 0.3) is 0 Å². The molecule has 4 N–H and O–H groups in total. The molecule has 1 aliphatic rings. The van der Waals surface area contributed by atoms with Crippen LogP contribution in [0, 0.1) is 12.8 Å². The number of nitrogens with one attached hydrogen (secondary N) is 2. The van der Waals surface area contributed by atoms with Crippen molar-refractivity contribution in [1.29, 1.82) is 0 Å². The molecule has 1 amide bonds. The number of carbonyl (C=O) groups is 1. The number of fused-ring (bicyclic) bond motifs is 1. The van der Waals surface area contributed by atoms with Gasteiger partial charge in [0.2, 0.25) is 11.9 Å². The summed E-state index contributed by atoms with van der Waals surface area (Å²) in [5.74, 6) is 0.914. The number of nitrogens with zero attached hydrogens (tertiary/aromatic N) is 3. The molecule has 1 saturated carbocycles. The first-order valence-electron chi connectivity index (χ1n) is 8.89. The van der Waals surface area contributed by atoms with Crippen LogP contribution in [-0.2, 0) is 4.79 Å². The number of hydrogen-bond donors (Lipinski definition) is 3. The van der Waals surface area contributed by atoms with E-state index in [0.29, 0.717) is 17.3 Å². The molecule has 1 aliphatic carbocycles. The average molecular weight is 342 g/mol. The molecule has 2 atom stereocenters. The number of anilines is 2. The molecule has 0 spiro atoms. The number of pyridine rings is 1. The van der Waals surface area contributed by atoms with E-state index in [1.54, 1.807) is 6.20 Å². The molecule has 134 valence electrons. The van der Waals surface area contributed by atoms with Crippen LogP contribution in [0.3, 0.4) is 0 Å². The summed E-state index contributed by atoms with van der Waals surface area (Å²) in [6.45, 7) is 6.03. The lowest BCUT2D eigenvalue weighted by atomic mass is 9.85. The predicted octanol–water partition coefficient (Wildman–Crippen LogP) is 2.61. The number of aromatic nitrogens is 3. The number of aryl methyl sites for hydroxylation is 1. The van der Waals surface area contributed by atoms with Crippen LogP contribution in [0.1, 0.15) is 45.2 Å². The van der Waals surface area contributed by atoms with Gasteiger partial charge in [-0.2, -0.15) is 0 Å². The van der Waals surface area contributed by atoms with E-state index in [1.165, 1.54) is 0 Å². The van der Waals surface area contributed by atoms with Gasteiger partial charge in [-0.1, -0.05) is 6.42 Å². The number of hydrogen-bond acceptors (Lipinski definition) is 6. The third kappa shape index (κ3) is 4.22. The Bertz CT molecular complexity index is 775. The Morgan fingerprint density at radius 2 is 2.12 bits per heavy atom. The first kappa shape index (κ1) is 17.5. The fraction of sp³-hybridized carbons (Fsp3) is 0.556. The molecule has 1 fully saturated rings. The van der Waals surface area contributed by atoms with Gasteiger partial charge in [0, 0.05) is 35.3 Å². The number of amides is 1. The third-order valence-corrected chi connectivity index (χ3v) is 4.44. The van der Waals surface area contributed by atoms with Gasteiger partial charge in [0.05, 0.1) is 0 Å². The van der Waals surface area contributed by atoms with E-state index in [4.69, 9.17) is 5.73 Å². The predicted molar refractivity (Wildman–Crippen MR) is 99.4 cm³/mol. The highest BCUT2D eigenvalue weighted by atomic mass is 16.2. The second-order valence-corrected chi connectivity index (χ2v) is 7.16. The fourth-order valence-electron chi connectivity index (χ4n) is 3.29. The van der Waals surface area contributed by atoms with Gasteiger partial charge in [0.15, 0.2) is 5.82 Å². The van der Waals surface area contributed by atoms with E-state index in [2.05, 4.69) is 25.6 Å². The van der Waals surface area contributed by atoms with Crippen molar-refractivity contribution in [1.82, 2.24) is 15.0 Å². The molecule has 7 heteroatoms. The number of rotatable bonds is 4. The molecule has 0 radical (unpaired) electrons. The van der Waals surface area contributed by atoms with Crippen molar-refractivity contribution >= 4 is 28.6 Å². The smallest absolute Gasteiger partial charge is 0.230 e. The van der Waals surface area contributed by atoms with E-state index in [-0.39, 0.29) is 23.9 Å². The maximum atomic E-state index is 12.5. The molecule has 25 heavy (non-hydrogen) atoms. The lowest BCUT2D eigenvalue weighted by Gasteiger charge is -2.25. The topological polar surface area (TPSA) is 106 Å². The van der Waals surface area contributed by atoms with Gasteiger partial charge in [-0.15, -0.1) is 0 Å². The monoisotopic (exact) mass is 342 g/mol.